The van der Waals surface area contributed by atoms with Crippen molar-refractivity contribution in [3.8, 4) is 11.1 Å². The van der Waals surface area contributed by atoms with Gasteiger partial charge in [-0.2, -0.15) is 0 Å². The highest BCUT2D eigenvalue weighted by atomic mass is 32.2. The fourth-order valence-corrected chi connectivity index (χ4v) is 5.77. The van der Waals surface area contributed by atoms with Gasteiger partial charge in [-0.15, -0.1) is 23.1 Å². The Balaban J connectivity index is 1.22. The number of amides is 2. The molecule has 2 aromatic carbocycles. The van der Waals surface area contributed by atoms with E-state index in [-0.39, 0.29) is 11.8 Å². The van der Waals surface area contributed by atoms with Crippen molar-refractivity contribution < 1.29 is 9.59 Å². The average Bonchev–Trinajstić information content (AvgIpc) is 3.35. The molecule has 1 aliphatic heterocycles. The first-order valence-corrected chi connectivity index (χ1v) is 12.0. The monoisotopic (exact) mass is 445 g/mol. The Morgan fingerprint density at radius 1 is 0.839 bits per heavy atom. The number of carbonyl (C=O) groups excluding carboxylic acids is 2. The van der Waals surface area contributed by atoms with Gasteiger partial charge in [0.15, 0.2) is 0 Å². The summed E-state index contributed by atoms with van der Waals surface area (Å²) < 4.78 is 0. The van der Waals surface area contributed by atoms with Gasteiger partial charge in [0.2, 0.25) is 0 Å². The Labute approximate surface area is 188 Å². The molecule has 2 aromatic heterocycles. The highest BCUT2D eigenvalue weighted by molar-refractivity contribution is 7.99. The molecule has 0 saturated heterocycles. The molecule has 0 radical (unpaired) electrons. The Morgan fingerprint density at radius 2 is 1.55 bits per heavy atom. The van der Waals surface area contributed by atoms with Crippen molar-refractivity contribution in [1.29, 1.82) is 0 Å². The van der Waals surface area contributed by atoms with Crippen molar-refractivity contribution in [2.75, 3.05) is 12.3 Å². The van der Waals surface area contributed by atoms with Crippen LogP contribution >= 0.6 is 23.1 Å². The highest BCUT2D eigenvalue weighted by Crippen LogP contribution is 2.38. The zero-order valence-corrected chi connectivity index (χ0v) is 18.3. The Hall–Kier alpha value is -3.03. The minimum absolute atomic E-state index is 0.184. The van der Waals surface area contributed by atoms with Crippen LogP contribution in [0.5, 0.6) is 0 Å². The lowest BCUT2D eigenvalue weighted by molar-refractivity contribution is 0.0652. The quantitative estimate of drug-likeness (QED) is 0.162. The second-order valence-electron chi connectivity index (χ2n) is 7.24. The van der Waals surface area contributed by atoms with Crippen molar-refractivity contribution in [2.45, 2.75) is 17.9 Å². The number of unbranched alkanes of at least 4 members (excludes halogenated alkanes) is 1. The van der Waals surface area contributed by atoms with Crippen LogP contribution in [-0.4, -0.2) is 39.0 Å². The molecule has 1 aliphatic rings. The van der Waals surface area contributed by atoms with E-state index < -0.39 is 0 Å². The number of rotatable bonds is 7. The molecule has 7 heteroatoms. The number of imide groups is 1. The average molecular weight is 446 g/mol. The van der Waals surface area contributed by atoms with E-state index in [0.29, 0.717) is 17.7 Å². The van der Waals surface area contributed by atoms with Gasteiger partial charge >= 0.3 is 0 Å². The molecule has 3 heterocycles. The van der Waals surface area contributed by atoms with Gasteiger partial charge in [-0.25, -0.2) is 9.97 Å². The van der Waals surface area contributed by atoms with Gasteiger partial charge in [0.25, 0.3) is 11.8 Å². The third-order valence-corrected chi connectivity index (χ3v) is 7.28. The van der Waals surface area contributed by atoms with Gasteiger partial charge in [-0.1, -0.05) is 42.5 Å². The van der Waals surface area contributed by atoms with E-state index in [1.807, 2.05) is 18.2 Å². The number of hydrogen-bond acceptors (Lipinski definition) is 6. The van der Waals surface area contributed by atoms with Gasteiger partial charge in [0.05, 0.1) is 16.5 Å². The van der Waals surface area contributed by atoms with E-state index in [4.69, 9.17) is 0 Å². The maximum atomic E-state index is 12.5. The standard InChI is InChI=1S/C24H19N3O2S2/c28-23-17-10-4-5-11-18(17)24(29)27(23)12-6-7-13-30-21-20-19(16-8-2-1-3-9-16)14-31-22(20)26-15-25-21/h1-5,8-11,14-15H,6-7,12-13H2. The fraction of sp³-hybridized carbons (Fsp3) is 0.167. The SMILES string of the molecule is O=C1c2ccccc2C(=O)N1CCCCSc1ncnc2scc(-c3ccccc3)c12. The number of carbonyl (C=O) groups is 2. The summed E-state index contributed by atoms with van der Waals surface area (Å²) in [7, 11) is 0. The molecule has 154 valence electrons. The number of aromatic nitrogens is 2. The molecule has 5 rings (SSSR count). The second kappa shape index (κ2) is 8.61. The summed E-state index contributed by atoms with van der Waals surface area (Å²) in [6, 6.07) is 17.3. The first-order chi connectivity index (χ1) is 15.2. The lowest BCUT2D eigenvalue weighted by Gasteiger charge is -2.13. The molecule has 0 spiro atoms. The highest BCUT2D eigenvalue weighted by Gasteiger charge is 2.34. The minimum Gasteiger partial charge on any atom is -0.274 e. The van der Waals surface area contributed by atoms with E-state index in [0.717, 1.165) is 45.0 Å². The topological polar surface area (TPSA) is 63.2 Å². The first kappa shape index (κ1) is 19.9. The lowest BCUT2D eigenvalue weighted by Crippen LogP contribution is -2.30. The summed E-state index contributed by atoms with van der Waals surface area (Å²) in [5.41, 5.74) is 3.35. The van der Waals surface area contributed by atoms with Crippen LogP contribution < -0.4 is 0 Å². The van der Waals surface area contributed by atoms with Crippen LogP contribution in [0.15, 0.2) is 71.3 Å². The van der Waals surface area contributed by atoms with Gasteiger partial charge in [0.1, 0.15) is 16.2 Å². The minimum atomic E-state index is -0.184. The Morgan fingerprint density at radius 3 is 2.29 bits per heavy atom. The van der Waals surface area contributed by atoms with Gasteiger partial charge in [-0.3, -0.25) is 14.5 Å². The molecule has 0 bridgehead atoms. The zero-order valence-electron chi connectivity index (χ0n) is 16.7. The van der Waals surface area contributed by atoms with Crippen LogP contribution in [0.2, 0.25) is 0 Å². The van der Waals surface area contributed by atoms with Gasteiger partial charge in [0, 0.05) is 17.5 Å². The zero-order chi connectivity index (χ0) is 21.2. The van der Waals surface area contributed by atoms with Crippen LogP contribution in [0, 0.1) is 0 Å². The fourth-order valence-electron chi connectivity index (χ4n) is 3.77. The van der Waals surface area contributed by atoms with E-state index in [2.05, 4.69) is 27.5 Å². The smallest absolute Gasteiger partial charge is 0.261 e. The summed E-state index contributed by atoms with van der Waals surface area (Å²) >= 11 is 3.33. The molecular formula is C24H19N3O2S2. The number of hydrogen-bond donors (Lipinski definition) is 0. The largest absolute Gasteiger partial charge is 0.274 e. The second-order valence-corrected chi connectivity index (χ2v) is 9.18. The van der Waals surface area contributed by atoms with Gasteiger partial charge < -0.3 is 0 Å². The van der Waals surface area contributed by atoms with Crippen molar-refractivity contribution in [2.24, 2.45) is 0 Å². The molecular weight excluding hydrogens is 426 g/mol. The summed E-state index contributed by atoms with van der Waals surface area (Å²) in [5.74, 6) is 0.493. The lowest BCUT2D eigenvalue weighted by atomic mass is 10.1. The molecule has 5 nitrogen and oxygen atoms in total. The van der Waals surface area contributed by atoms with Crippen molar-refractivity contribution >= 4 is 45.1 Å². The van der Waals surface area contributed by atoms with Gasteiger partial charge in [-0.05, 0) is 36.3 Å². The van der Waals surface area contributed by atoms with Crippen molar-refractivity contribution in [3.63, 3.8) is 0 Å². The third-order valence-electron chi connectivity index (χ3n) is 5.31. The predicted octanol–water partition coefficient (Wildman–Crippen LogP) is 5.53. The number of benzene rings is 2. The predicted molar refractivity (Wildman–Crippen MR) is 125 cm³/mol. The van der Waals surface area contributed by atoms with Crippen LogP contribution in [0.25, 0.3) is 21.3 Å². The van der Waals surface area contributed by atoms with Crippen LogP contribution in [0.4, 0.5) is 0 Å². The number of thiophene rings is 1. The van der Waals surface area contributed by atoms with E-state index in [9.17, 15) is 9.59 Å². The number of nitrogens with zero attached hydrogens (tertiary/aromatic N) is 3. The molecule has 0 N–H and O–H groups in total. The van der Waals surface area contributed by atoms with Crippen molar-refractivity contribution in [3.05, 3.63) is 77.4 Å². The third kappa shape index (κ3) is 3.75. The molecule has 0 saturated carbocycles. The Kier molecular flexibility index (Phi) is 5.53. The van der Waals surface area contributed by atoms with Crippen molar-refractivity contribution in [1.82, 2.24) is 14.9 Å². The first-order valence-electron chi connectivity index (χ1n) is 10.1. The summed E-state index contributed by atoms with van der Waals surface area (Å²) in [6.07, 6.45) is 3.27. The molecule has 2 amide bonds. The van der Waals surface area contributed by atoms with E-state index in [1.54, 1.807) is 53.7 Å². The molecule has 31 heavy (non-hydrogen) atoms. The molecule has 0 fully saturated rings. The van der Waals surface area contributed by atoms with Crippen LogP contribution in [0.1, 0.15) is 33.6 Å². The normalized spacial score (nSPS) is 13.2. The molecule has 0 atom stereocenters. The maximum absolute atomic E-state index is 12.5. The summed E-state index contributed by atoms with van der Waals surface area (Å²) in [6.45, 7) is 0.444. The molecule has 0 aliphatic carbocycles. The Bertz CT molecular complexity index is 1240. The summed E-state index contributed by atoms with van der Waals surface area (Å²) in [4.78, 5) is 36.3. The number of thioether (sulfide) groups is 1. The van der Waals surface area contributed by atoms with Crippen LogP contribution in [-0.2, 0) is 0 Å². The van der Waals surface area contributed by atoms with E-state index in [1.165, 1.54) is 4.90 Å². The number of fused-ring (bicyclic) bond motifs is 2. The van der Waals surface area contributed by atoms with E-state index >= 15 is 0 Å². The molecule has 0 unspecified atom stereocenters. The maximum Gasteiger partial charge on any atom is 0.261 e. The van der Waals surface area contributed by atoms with Crippen LogP contribution in [0.3, 0.4) is 0 Å². The summed E-state index contributed by atoms with van der Waals surface area (Å²) in [5, 5.41) is 4.22. The molecule has 4 aromatic rings.